The zero-order valence-electron chi connectivity index (χ0n) is 15.6. The number of methoxy groups -OCH3 is 1. The summed E-state index contributed by atoms with van der Waals surface area (Å²) in [6.07, 6.45) is 0. The monoisotopic (exact) mass is 395 g/mol. The molecule has 0 saturated heterocycles. The number of nitrogens with one attached hydrogen (secondary N) is 2. The van der Waals surface area contributed by atoms with Crippen LogP contribution in [0.15, 0.2) is 88.8 Å². The normalized spacial score (nSPS) is 11.9. The summed E-state index contributed by atoms with van der Waals surface area (Å²) >= 11 is 0. The molecule has 7 heteroatoms. The SMILES string of the molecule is COc1ccc(N=C(NNS(=O)(=O)c2ccccc2)c2ccc(C)cc2)cc1. The molecule has 0 radical (unpaired) electrons. The molecule has 0 unspecified atom stereocenters. The molecule has 0 amide bonds. The fourth-order valence-corrected chi connectivity index (χ4v) is 3.30. The molecule has 3 aromatic carbocycles. The van der Waals surface area contributed by atoms with Crippen molar-refractivity contribution >= 4 is 21.5 Å². The van der Waals surface area contributed by atoms with Crippen LogP contribution in [0.4, 0.5) is 5.69 Å². The van der Waals surface area contributed by atoms with Crippen molar-refractivity contribution in [3.05, 3.63) is 90.0 Å². The first-order valence-corrected chi connectivity index (χ1v) is 10.1. The van der Waals surface area contributed by atoms with Gasteiger partial charge in [-0.05, 0) is 43.3 Å². The van der Waals surface area contributed by atoms with Crippen LogP contribution in [0.5, 0.6) is 5.75 Å². The van der Waals surface area contributed by atoms with Crippen molar-refractivity contribution in [3.8, 4) is 5.75 Å². The van der Waals surface area contributed by atoms with Gasteiger partial charge >= 0.3 is 0 Å². The first-order valence-electron chi connectivity index (χ1n) is 8.60. The lowest BCUT2D eigenvalue weighted by molar-refractivity contribution is 0.415. The topological polar surface area (TPSA) is 79.8 Å². The van der Waals surface area contributed by atoms with Crippen LogP contribution in [0, 0.1) is 6.92 Å². The van der Waals surface area contributed by atoms with Crippen LogP contribution in [0.25, 0.3) is 0 Å². The third-order valence-electron chi connectivity index (χ3n) is 4.00. The van der Waals surface area contributed by atoms with Crippen molar-refractivity contribution < 1.29 is 13.2 Å². The van der Waals surface area contributed by atoms with Crippen LogP contribution in [0.1, 0.15) is 11.1 Å². The number of nitrogens with zero attached hydrogens (tertiary/aromatic N) is 1. The van der Waals surface area contributed by atoms with Gasteiger partial charge in [0.1, 0.15) is 11.6 Å². The van der Waals surface area contributed by atoms with E-state index in [1.54, 1.807) is 49.6 Å². The molecule has 0 aromatic heterocycles. The van der Waals surface area contributed by atoms with Gasteiger partial charge in [-0.2, -0.15) is 0 Å². The number of benzene rings is 3. The minimum absolute atomic E-state index is 0.162. The summed E-state index contributed by atoms with van der Waals surface area (Å²) in [6, 6.07) is 22.9. The average Bonchev–Trinajstić information content (AvgIpc) is 2.73. The Morgan fingerprint density at radius 2 is 1.54 bits per heavy atom. The Morgan fingerprint density at radius 3 is 2.14 bits per heavy atom. The molecule has 0 saturated carbocycles. The van der Waals surface area contributed by atoms with Crippen molar-refractivity contribution in [3.63, 3.8) is 0 Å². The maximum atomic E-state index is 12.5. The van der Waals surface area contributed by atoms with Crippen LogP contribution < -0.4 is 15.0 Å². The summed E-state index contributed by atoms with van der Waals surface area (Å²) < 4.78 is 30.2. The van der Waals surface area contributed by atoms with Crippen molar-refractivity contribution in [2.75, 3.05) is 7.11 Å². The van der Waals surface area contributed by atoms with E-state index >= 15 is 0 Å². The van der Waals surface area contributed by atoms with E-state index in [-0.39, 0.29) is 4.90 Å². The van der Waals surface area contributed by atoms with Crippen molar-refractivity contribution in [1.29, 1.82) is 0 Å². The van der Waals surface area contributed by atoms with Gasteiger partial charge in [-0.25, -0.2) is 13.4 Å². The van der Waals surface area contributed by atoms with Crippen molar-refractivity contribution in [1.82, 2.24) is 10.3 Å². The lowest BCUT2D eigenvalue weighted by Gasteiger charge is -2.13. The van der Waals surface area contributed by atoms with E-state index in [1.807, 2.05) is 31.2 Å². The molecule has 3 aromatic rings. The van der Waals surface area contributed by atoms with Gasteiger partial charge in [0.05, 0.1) is 17.7 Å². The minimum Gasteiger partial charge on any atom is -0.497 e. The third kappa shape index (κ3) is 4.97. The molecule has 0 aliphatic carbocycles. The number of hydrogen-bond acceptors (Lipinski definition) is 4. The van der Waals surface area contributed by atoms with Crippen LogP contribution in [-0.2, 0) is 10.0 Å². The fourth-order valence-electron chi connectivity index (χ4n) is 2.44. The van der Waals surface area contributed by atoms with E-state index in [0.29, 0.717) is 17.3 Å². The first kappa shape index (κ1) is 19.6. The zero-order valence-corrected chi connectivity index (χ0v) is 16.4. The molecule has 0 fully saturated rings. The Bertz CT molecular complexity index is 1050. The van der Waals surface area contributed by atoms with Gasteiger partial charge in [0, 0.05) is 5.56 Å². The third-order valence-corrected chi connectivity index (χ3v) is 5.26. The second-order valence-corrected chi connectivity index (χ2v) is 7.75. The number of aliphatic imine (C=N–C) groups is 1. The van der Waals surface area contributed by atoms with E-state index < -0.39 is 10.0 Å². The lowest BCUT2D eigenvalue weighted by Crippen LogP contribution is -2.42. The van der Waals surface area contributed by atoms with E-state index in [2.05, 4.69) is 15.2 Å². The van der Waals surface area contributed by atoms with E-state index in [1.165, 1.54) is 12.1 Å². The number of rotatable bonds is 6. The van der Waals surface area contributed by atoms with Gasteiger partial charge in [-0.15, -0.1) is 4.83 Å². The molecular formula is C21H21N3O3S. The van der Waals surface area contributed by atoms with Crippen molar-refractivity contribution in [2.45, 2.75) is 11.8 Å². The summed E-state index contributed by atoms with van der Waals surface area (Å²) in [5, 5.41) is 0. The highest BCUT2D eigenvalue weighted by atomic mass is 32.2. The Morgan fingerprint density at radius 1 is 0.893 bits per heavy atom. The second kappa shape index (κ2) is 8.69. The molecule has 0 aliphatic rings. The molecule has 6 nitrogen and oxygen atoms in total. The molecule has 28 heavy (non-hydrogen) atoms. The highest BCUT2D eigenvalue weighted by molar-refractivity contribution is 7.89. The number of hydrazine groups is 1. The summed E-state index contributed by atoms with van der Waals surface area (Å²) in [6.45, 7) is 1.98. The number of sulfonamides is 1. The maximum Gasteiger partial charge on any atom is 0.257 e. The number of amidine groups is 1. The van der Waals surface area contributed by atoms with E-state index in [4.69, 9.17) is 4.74 Å². The van der Waals surface area contributed by atoms with Gasteiger partial charge in [0.2, 0.25) is 0 Å². The van der Waals surface area contributed by atoms with Gasteiger partial charge in [-0.3, -0.25) is 5.43 Å². The van der Waals surface area contributed by atoms with E-state index in [9.17, 15) is 8.42 Å². The summed E-state index contributed by atoms with van der Waals surface area (Å²) in [5.74, 6) is 1.10. The van der Waals surface area contributed by atoms with Gasteiger partial charge in [0.15, 0.2) is 0 Å². The first-order chi connectivity index (χ1) is 13.5. The molecule has 0 atom stereocenters. The largest absolute Gasteiger partial charge is 0.497 e. The Balaban J connectivity index is 1.90. The quantitative estimate of drug-likeness (QED) is 0.380. The van der Waals surface area contributed by atoms with Gasteiger partial charge < -0.3 is 4.74 Å². The average molecular weight is 395 g/mol. The Labute approximate surface area is 164 Å². The predicted molar refractivity (Wildman–Crippen MR) is 110 cm³/mol. The zero-order chi connectivity index (χ0) is 20.0. The Kier molecular flexibility index (Phi) is 6.08. The standard InChI is InChI=1S/C21H21N3O3S/c1-16-8-10-17(11-9-16)21(22-18-12-14-19(27-2)15-13-18)23-24-28(25,26)20-6-4-3-5-7-20/h3-15,24H,1-2H3,(H,22,23). The molecule has 3 rings (SSSR count). The molecular weight excluding hydrogens is 374 g/mol. The molecule has 144 valence electrons. The lowest BCUT2D eigenvalue weighted by atomic mass is 10.1. The number of hydrogen-bond donors (Lipinski definition) is 2. The molecule has 0 bridgehead atoms. The van der Waals surface area contributed by atoms with Crippen LogP contribution in [-0.4, -0.2) is 21.4 Å². The molecule has 0 aliphatic heterocycles. The fraction of sp³-hybridized carbons (Fsp3) is 0.0952. The number of ether oxygens (including phenoxy) is 1. The summed E-state index contributed by atoms with van der Waals surface area (Å²) in [4.78, 5) is 7.11. The molecule has 0 heterocycles. The maximum absolute atomic E-state index is 12.5. The smallest absolute Gasteiger partial charge is 0.257 e. The molecule has 2 N–H and O–H groups in total. The highest BCUT2D eigenvalue weighted by Crippen LogP contribution is 2.19. The summed E-state index contributed by atoms with van der Waals surface area (Å²) in [5.41, 5.74) is 5.25. The van der Waals surface area contributed by atoms with Gasteiger partial charge in [-0.1, -0.05) is 48.0 Å². The number of aryl methyl sites for hydroxylation is 1. The summed E-state index contributed by atoms with van der Waals surface area (Å²) in [7, 11) is -2.14. The second-order valence-electron chi connectivity index (χ2n) is 6.07. The van der Waals surface area contributed by atoms with E-state index in [0.717, 1.165) is 11.1 Å². The van der Waals surface area contributed by atoms with Crippen LogP contribution in [0.2, 0.25) is 0 Å². The predicted octanol–water partition coefficient (Wildman–Crippen LogP) is 3.57. The molecule has 0 spiro atoms. The van der Waals surface area contributed by atoms with Crippen molar-refractivity contribution in [2.24, 2.45) is 4.99 Å². The Hall–Kier alpha value is -3.16. The van der Waals surface area contributed by atoms with Crippen LogP contribution in [0.3, 0.4) is 0 Å². The minimum atomic E-state index is -3.74. The highest BCUT2D eigenvalue weighted by Gasteiger charge is 2.14. The van der Waals surface area contributed by atoms with Gasteiger partial charge in [0.25, 0.3) is 10.0 Å². The van der Waals surface area contributed by atoms with Crippen LogP contribution >= 0.6 is 0 Å².